The average molecular weight is 290 g/mol. The van der Waals surface area contributed by atoms with Crippen LogP contribution in [-0.2, 0) is 4.43 Å². The molecule has 0 fully saturated rings. The van der Waals surface area contributed by atoms with Gasteiger partial charge in [-0.25, -0.2) is 0 Å². The second-order valence-corrected chi connectivity index (χ2v) is 7.43. The van der Waals surface area contributed by atoms with Crippen molar-refractivity contribution in [3.05, 3.63) is 54.6 Å². The molecule has 0 aromatic heterocycles. The van der Waals surface area contributed by atoms with Crippen LogP contribution in [0.25, 0.3) is 32.3 Å². The van der Waals surface area contributed by atoms with Crippen LogP contribution in [0.1, 0.15) is 13.8 Å². The van der Waals surface area contributed by atoms with Crippen molar-refractivity contribution in [2.45, 2.75) is 20.0 Å². The van der Waals surface area contributed by atoms with E-state index in [0.29, 0.717) is 6.10 Å². The first kappa shape index (κ1) is 12.8. The molecule has 0 aliphatic rings. The van der Waals surface area contributed by atoms with E-state index < -0.39 is 9.76 Å². The van der Waals surface area contributed by atoms with Crippen LogP contribution >= 0.6 is 0 Å². The van der Waals surface area contributed by atoms with Gasteiger partial charge in [-0.15, -0.1) is 0 Å². The van der Waals surface area contributed by atoms with Crippen LogP contribution in [0.5, 0.6) is 0 Å². The molecule has 0 radical (unpaired) electrons. The van der Waals surface area contributed by atoms with Gasteiger partial charge in [0.15, 0.2) is 9.76 Å². The lowest BCUT2D eigenvalue weighted by molar-refractivity contribution is 0.260. The highest BCUT2D eigenvalue weighted by molar-refractivity contribution is 6.48. The molecule has 0 saturated carbocycles. The molecule has 0 bridgehead atoms. The fourth-order valence-electron chi connectivity index (χ4n) is 3.16. The quantitative estimate of drug-likeness (QED) is 0.413. The van der Waals surface area contributed by atoms with Crippen LogP contribution in [-0.4, -0.2) is 15.9 Å². The Hall–Kier alpha value is -1.90. The van der Waals surface area contributed by atoms with Gasteiger partial charge in [-0.2, -0.15) is 0 Å². The minimum atomic E-state index is -0.643. The Labute approximate surface area is 126 Å². The largest absolute Gasteiger partial charge is 0.416 e. The zero-order valence-corrected chi connectivity index (χ0v) is 13.8. The molecule has 0 aliphatic carbocycles. The lowest BCUT2D eigenvalue weighted by Crippen LogP contribution is -2.20. The molecular formula is C19H18OSi. The monoisotopic (exact) mass is 290 g/mol. The average Bonchev–Trinajstić information content (AvgIpc) is 2.50. The lowest BCUT2D eigenvalue weighted by Gasteiger charge is -2.13. The van der Waals surface area contributed by atoms with Crippen LogP contribution in [0.15, 0.2) is 54.6 Å². The summed E-state index contributed by atoms with van der Waals surface area (Å²) in [5, 5.41) is 9.51. The van der Waals surface area contributed by atoms with Crippen LogP contribution in [0.2, 0.25) is 0 Å². The molecule has 4 aromatic carbocycles. The highest BCUT2D eigenvalue weighted by Gasteiger charge is 2.09. The standard InChI is InChI=1S/C19H18OSi/c1-12(2)20-21-17-10-15-8-6-13-4-3-5-14-7-9-16(11-17)19(15)18(13)14/h3-12H,21H2,1-2H3. The predicted molar refractivity (Wildman–Crippen MR) is 94.5 cm³/mol. The Morgan fingerprint density at radius 3 is 1.86 bits per heavy atom. The van der Waals surface area contributed by atoms with Gasteiger partial charge in [-0.3, -0.25) is 0 Å². The Bertz CT molecular complexity index is 863. The van der Waals surface area contributed by atoms with E-state index in [1.54, 1.807) is 0 Å². The summed E-state index contributed by atoms with van der Waals surface area (Å²) in [5.41, 5.74) is 0. The highest BCUT2D eigenvalue weighted by atomic mass is 28.2. The third-order valence-electron chi connectivity index (χ3n) is 4.11. The summed E-state index contributed by atoms with van der Waals surface area (Å²) in [7, 11) is -0.643. The van der Waals surface area contributed by atoms with Gasteiger partial charge in [-0.1, -0.05) is 54.6 Å². The molecule has 0 aliphatic heterocycles. The molecule has 0 unspecified atom stereocenters. The van der Waals surface area contributed by atoms with Gasteiger partial charge in [-0.05, 0) is 51.4 Å². The zero-order valence-electron chi connectivity index (χ0n) is 12.4. The molecule has 0 saturated heterocycles. The van der Waals surface area contributed by atoms with Crippen molar-refractivity contribution in [3.63, 3.8) is 0 Å². The first-order chi connectivity index (χ1) is 10.2. The van der Waals surface area contributed by atoms with Gasteiger partial charge in [0.25, 0.3) is 0 Å². The van der Waals surface area contributed by atoms with Crippen molar-refractivity contribution in [2.75, 3.05) is 0 Å². The maximum absolute atomic E-state index is 5.89. The van der Waals surface area contributed by atoms with Crippen LogP contribution in [0.3, 0.4) is 0 Å². The second-order valence-electron chi connectivity index (χ2n) is 5.99. The fraction of sp³-hybridized carbons (Fsp3) is 0.158. The van der Waals surface area contributed by atoms with E-state index >= 15 is 0 Å². The van der Waals surface area contributed by atoms with Crippen LogP contribution in [0, 0.1) is 0 Å². The molecule has 4 aromatic rings. The number of rotatable bonds is 3. The first-order valence-electron chi connectivity index (χ1n) is 7.50. The molecule has 21 heavy (non-hydrogen) atoms. The van der Waals surface area contributed by atoms with Gasteiger partial charge in [0, 0.05) is 6.10 Å². The second kappa shape index (κ2) is 4.83. The van der Waals surface area contributed by atoms with E-state index in [4.69, 9.17) is 4.43 Å². The van der Waals surface area contributed by atoms with Gasteiger partial charge < -0.3 is 4.43 Å². The molecule has 1 nitrogen and oxygen atoms in total. The number of hydrogen-bond acceptors (Lipinski definition) is 1. The van der Waals surface area contributed by atoms with E-state index in [-0.39, 0.29) is 0 Å². The summed E-state index contributed by atoms with van der Waals surface area (Å²) < 4.78 is 5.89. The van der Waals surface area contributed by atoms with E-state index in [2.05, 4.69) is 68.4 Å². The molecular weight excluding hydrogens is 272 g/mol. The van der Waals surface area contributed by atoms with Crippen LogP contribution < -0.4 is 5.19 Å². The lowest BCUT2D eigenvalue weighted by atomic mass is 9.94. The SMILES string of the molecule is CC(C)O[SiH2]c1cc2ccc3cccc4ccc(c1)c2c34. The third-order valence-corrected chi connectivity index (χ3v) is 5.68. The Kier molecular flexibility index (Phi) is 2.95. The topological polar surface area (TPSA) is 9.23 Å². The Morgan fingerprint density at radius 2 is 1.29 bits per heavy atom. The maximum atomic E-state index is 5.89. The van der Waals surface area contributed by atoms with Gasteiger partial charge in [0.2, 0.25) is 0 Å². The van der Waals surface area contributed by atoms with Crippen molar-refractivity contribution >= 4 is 47.3 Å². The van der Waals surface area contributed by atoms with Crippen LogP contribution in [0.4, 0.5) is 0 Å². The highest BCUT2D eigenvalue weighted by Crippen LogP contribution is 2.33. The molecule has 0 amide bonds. The minimum absolute atomic E-state index is 0.322. The summed E-state index contributed by atoms with van der Waals surface area (Å²) in [5.74, 6) is 0. The van der Waals surface area contributed by atoms with Crippen molar-refractivity contribution < 1.29 is 4.43 Å². The summed E-state index contributed by atoms with van der Waals surface area (Å²) in [4.78, 5) is 0. The van der Waals surface area contributed by atoms with Crippen molar-refractivity contribution in [3.8, 4) is 0 Å². The molecule has 2 heteroatoms. The number of benzene rings is 4. The molecule has 0 heterocycles. The smallest absolute Gasteiger partial charge is 0.192 e. The first-order valence-corrected chi connectivity index (χ1v) is 8.79. The minimum Gasteiger partial charge on any atom is -0.416 e. The molecule has 104 valence electrons. The Morgan fingerprint density at radius 1 is 0.762 bits per heavy atom. The number of hydrogen-bond donors (Lipinski definition) is 0. The zero-order chi connectivity index (χ0) is 14.4. The normalized spacial score (nSPS) is 12.7. The van der Waals surface area contributed by atoms with E-state index in [9.17, 15) is 0 Å². The molecule has 0 atom stereocenters. The van der Waals surface area contributed by atoms with Gasteiger partial charge >= 0.3 is 0 Å². The molecule has 0 spiro atoms. The fourth-order valence-corrected chi connectivity index (χ4v) is 4.30. The molecule has 0 N–H and O–H groups in total. The van der Waals surface area contributed by atoms with E-state index in [1.165, 1.54) is 37.5 Å². The summed E-state index contributed by atoms with van der Waals surface area (Å²) in [6, 6.07) is 20.1. The van der Waals surface area contributed by atoms with Crippen molar-refractivity contribution in [1.29, 1.82) is 0 Å². The summed E-state index contributed by atoms with van der Waals surface area (Å²) >= 11 is 0. The molecule has 4 rings (SSSR count). The van der Waals surface area contributed by atoms with Gasteiger partial charge in [0.1, 0.15) is 0 Å². The van der Waals surface area contributed by atoms with E-state index in [1.807, 2.05) is 0 Å². The summed E-state index contributed by atoms with van der Waals surface area (Å²) in [6.45, 7) is 4.22. The van der Waals surface area contributed by atoms with Crippen molar-refractivity contribution in [1.82, 2.24) is 0 Å². The predicted octanol–water partition coefficient (Wildman–Crippen LogP) is 3.72. The van der Waals surface area contributed by atoms with Crippen molar-refractivity contribution in [2.24, 2.45) is 0 Å². The summed E-state index contributed by atoms with van der Waals surface area (Å²) in [6.07, 6.45) is 0.322. The Balaban J connectivity index is 1.99. The van der Waals surface area contributed by atoms with E-state index in [0.717, 1.165) is 0 Å². The third kappa shape index (κ3) is 2.11. The maximum Gasteiger partial charge on any atom is 0.192 e. The van der Waals surface area contributed by atoms with Gasteiger partial charge in [0.05, 0.1) is 0 Å².